The van der Waals surface area contributed by atoms with Gasteiger partial charge in [0, 0.05) is 36.1 Å². The highest BCUT2D eigenvalue weighted by Gasteiger charge is 2.20. The SMILES string of the molecule is COc1cc2sc(C(=O)C[C@H](C)C(=O)O)cc2cc1OCCCOc1nc2cc(C(=O)CCC(=O)O)sc2cc1OC. The van der Waals surface area contributed by atoms with Crippen LogP contribution in [0.25, 0.3) is 20.3 Å². The van der Waals surface area contributed by atoms with Gasteiger partial charge in [0.2, 0.25) is 0 Å². The van der Waals surface area contributed by atoms with Gasteiger partial charge in [0.15, 0.2) is 28.8 Å². The summed E-state index contributed by atoms with van der Waals surface area (Å²) in [4.78, 5) is 52.2. The monoisotopic (exact) mass is 615 g/mol. The first-order chi connectivity index (χ1) is 20.1. The summed E-state index contributed by atoms with van der Waals surface area (Å²) in [6.07, 6.45) is 0.0980. The maximum Gasteiger partial charge on any atom is 0.306 e. The zero-order valence-electron chi connectivity index (χ0n) is 23.1. The van der Waals surface area contributed by atoms with Gasteiger partial charge in [-0.25, -0.2) is 4.98 Å². The number of nitrogens with zero attached hydrogens (tertiary/aromatic N) is 1. The second-order valence-electron chi connectivity index (χ2n) is 9.38. The van der Waals surface area contributed by atoms with E-state index in [1.165, 1.54) is 43.8 Å². The molecule has 4 aromatic rings. The van der Waals surface area contributed by atoms with E-state index in [1.54, 1.807) is 30.3 Å². The van der Waals surface area contributed by atoms with E-state index in [0.717, 1.165) is 14.8 Å². The van der Waals surface area contributed by atoms with Crippen molar-refractivity contribution in [1.82, 2.24) is 4.98 Å². The first-order valence-electron chi connectivity index (χ1n) is 13.0. The Morgan fingerprint density at radius 1 is 0.810 bits per heavy atom. The average Bonchev–Trinajstić information content (AvgIpc) is 3.58. The third-order valence-electron chi connectivity index (χ3n) is 6.27. The average molecular weight is 616 g/mol. The molecule has 3 heterocycles. The van der Waals surface area contributed by atoms with Crippen molar-refractivity contribution in [2.45, 2.75) is 32.6 Å². The fraction of sp³-hybridized carbons (Fsp3) is 0.345. The Morgan fingerprint density at radius 2 is 1.48 bits per heavy atom. The number of aliphatic carboxylic acids is 2. The molecule has 0 bridgehead atoms. The van der Waals surface area contributed by atoms with Gasteiger partial charge < -0.3 is 29.2 Å². The molecule has 0 aliphatic rings. The van der Waals surface area contributed by atoms with Crippen LogP contribution >= 0.6 is 22.7 Å². The Labute approximate surface area is 248 Å². The molecule has 13 heteroatoms. The predicted molar refractivity (Wildman–Crippen MR) is 157 cm³/mol. The fourth-order valence-electron chi connectivity index (χ4n) is 4.00. The second-order valence-corrected chi connectivity index (χ2v) is 11.5. The van der Waals surface area contributed by atoms with E-state index in [1.807, 2.05) is 0 Å². The van der Waals surface area contributed by atoms with Crippen molar-refractivity contribution in [1.29, 1.82) is 0 Å². The lowest BCUT2D eigenvalue weighted by Crippen LogP contribution is -2.13. The molecule has 0 saturated carbocycles. The first-order valence-corrected chi connectivity index (χ1v) is 14.6. The highest BCUT2D eigenvalue weighted by Crippen LogP contribution is 2.38. The number of ether oxygens (including phenoxy) is 4. The van der Waals surface area contributed by atoms with Crippen LogP contribution in [0.4, 0.5) is 0 Å². The summed E-state index contributed by atoms with van der Waals surface area (Å²) in [7, 11) is 3.01. The minimum Gasteiger partial charge on any atom is -0.493 e. The maximum absolute atomic E-state index is 12.6. The molecule has 0 aliphatic carbocycles. The number of carboxylic acids is 2. The molecule has 0 amide bonds. The van der Waals surface area contributed by atoms with Gasteiger partial charge in [-0.05, 0) is 23.6 Å². The number of rotatable bonds is 16. The quantitative estimate of drug-likeness (QED) is 0.117. The summed E-state index contributed by atoms with van der Waals surface area (Å²) in [5.41, 5.74) is 0.551. The normalized spacial score (nSPS) is 11.8. The van der Waals surface area contributed by atoms with Crippen LogP contribution < -0.4 is 18.9 Å². The molecule has 0 aliphatic heterocycles. The molecule has 4 rings (SSSR count). The third-order valence-corrected chi connectivity index (χ3v) is 8.52. The third kappa shape index (κ3) is 7.34. The topological polar surface area (TPSA) is 159 Å². The number of carbonyl (C=O) groups is 4. The van der Waals surface area contributed by atoms with E-state index < -0.39 is 17.9 Å². The molecule has 2 N–H and O–H groups in total. The number of aromatic nitrogens is 1. The number of fused-ring (bicyclic) bond motifs is 2. The lowest BCUT2D eigenvalue weighted by molar-refractivity contribution is -0.141. The van der Waals surface area contributed by atoms with E-state index in [2.05, 4.69) is 4.98 Å². The molecular weight excluding hydrogens is 586 g/mol. The largest absolute Gasteiger partial charge is 0.493 e. The minimum atomic E-state index is -1.03. The van der Waals surface area contributed by atoms with Crippen LogP contribution in [-0.2, 0) is 9.59 Å². The lowest BCUT2D eigenvalue weighted by atomic mass is 10.0. The van der Waals surface area contributed by atoms with Crippen molar-refractivity contribution in [3.63, 3.8) is 0 Å². The summed E-state index contributed by atoms with van der Waals surface area (Å²) in [6.45, 7) is 2.05. The van der Waals surface area contributed by atoms with Crippen molar-refractivity contribution in [2.75, 3.05) is 27.4 Å². The summed E-state index contributed by atoms with van der Waals surface area (Å²) >= 11 is 2.50. The predicted octanol–water partition coefficient (Wildman–Crippen LogP) is 5.72. The molecule has 0 fully saturated rings. The fourth-order valence-corrected chi connectivity index (χ4v) is 6.02. The van der Waals surface area contributed by atoms with Crippen LogP contribution in [0.2, 0.25) is 0 Å². The number of hydrogen-bond acceptors (Lipinski definition) is 11. The standard InChI is InChI=1S/C29H29NO10S2/c1-15(29(35)36)9-19(32)25-11-16-10-21(20(37-2)13-23(16)41-25)39-7-4-8-40-28-22(38-3)14-24-17(30-28)12-26(42-24)18(31)5-6-27(33)34/h10-15H,4-9H2,1-3H3,(H,33,34)(H,35,36)/t15-/m0/s1. The van der Waals surface area contributed by atoms with Gasteiger partial charge in [0.05, 0.1) is 59.7 Å². The number of Topliss-reactive ketones (excluding diaryl/α,β-unsaturated/α-hetero) is 2. The summed E-state index contributed by atoms with van der Waals surface area (Å²) in [5, 5.41) is 18.7. The van der Waals surface area contributed by atoms with Gasteiger partial charge in [-0.2, -0.15) is 0 Å². The van der Waals surface area contributed by atoms with E-state index in [-0.39, 0.29) is 43.3 Å². The van der Waals surface area contributed by atoms with Gasteiger partial charge in [0.1, 0.15) is 0 Å². The number of carbonyl (C=O) groups excluding carboxylic acids is 2. The van der Waals surface area contributed by atoms with Crippen molar-refractivity contribution >= 4 is 66.5 Å². The molecule has 0 unspecified atom stereocenters. The van der Waals surface area contributed by atoms with Crippen LogP contribution in [0, 0.1) is 5.92 Å². The molecular formula is C29H29NO10S2. The number of thiophene rings is 2. The first kappa shape index (κ1) is 30.7. The number of carboxylic acid groups (broad SMARTS) is 2. The van der Waals surface area contributed by atoms with Crippen LogP contribution in [0.1, 0.15) is 52.0 Å². The Hall–Kier alpha value is -4.23. The smallest absolute Gasteiger partial charge is 0.306 e. The Balaban J connectivity index is 1.37. The maximum atomic E-state index is 12.6. The Bertz CT molecular complexity index is 1640. The second kappa shape index (κ2) is 13.6. The zero-order valence-corrected chi connectivity index (χ0v) is 24.8. The number of pyridine rings is 1. The van der Waals surface area contributed by atoms with Crippen LogP contribution in [0.15, 0.2) is 30.3 Å². The Morgan fingerprint density at radius 3 is 2.17 bits per heavy atom. The van der Waals surface area contributed by atoms with Gasteiger partial charge >= 0.3 is 11.9 Å². The number of hydrogen-bond donors (Lipinski definition) is 2. The van der Waals surface area contributed by atoms with E-state index in [9.17, 15) is 19.2 Å². The molecule has 42 heavy (non-hydrogen) atoms. The van der Waals surface area contributed by atoms with E-state index in [4.69, 9.17) is 29.2 Å². The molecule has 0 radical (unpaired) electrons. The summed E-state index contributed by atoms with van der Waals surface area (Å²) < 4.78 is 24.2. The van der Waals surface area contributed by atoms with E-state index in [0.29, 0.717) is 45.5 Å². The van der Waals surface area contributed by atoms with Gasteiger partial charge in [-0.3, -0.25) is 19.2 Å². The molecule has 1 aromatic carbocycles. The minimum absolute atomic E-state index is 0.0757. The Kier molecular flexibility index (Phi) is 9.96. The molecule has 11 nitrogen and oxygen atoms in total. The molecule has 3 aromatic heterocycles. The van der Waals surface area contributed by atoms with Crippen molar-refractivity contribution in [3.8, 4) is 23.1 Å². The molecule has 0 spiro atoms. The number of benzene rings is 1. The highest BCUT2D eigenvalue weighted by molar-refractivity contribution is 7.21. The summed E-state index contributed by atoms with van der Waals surface area (Å²) in [6, 6.07) is 8.66. The zero-order chi connectivity index (χ0) is 30.4. The molecule has 0 saturated heterocycles. The van der Waals surface area contributed by atoms with Crippen molar-refractivity contribution < 1.29 is 48.3 Å². The summed E-state index contributed by atoms with van der Waals surface area (Å²) in [5.74, 6) is -1.62. The van der Waals surface area contributed by atoms with Crippen LogP contribution in [0.3, 0.4) is 0 Å². The molecule has 222 valence electrons. The van der Waals surface area contributed by atoms with Crippen LogP contribution in [-0.4, -0.2) is 66.1 Å². The van der Waals surface area contributed by atoms with Crippen molar-refractivity contribution in [3.05, 3.63) is 40.1 Å². The van der Waals surface area contributed by atoms with Crippen LogP contribution in [0.5, 0.6) is 23.1 Å². The number of methoxy groups -OCH3 is 2. The van der Waals surface area contributed by atoms with Crippen molar-refractivity contribution in [2.24, 2.45) is 5.92 Å². The highest BCUT2D eigenvalue weighted by atomic mass is 32.1. The van der Waals surface area contributed by atoms with Gasteiger partial charge in [-0.15, -0.1) is 22.7 Å². The van der Waals surface area contributed by atoms with Gasteiger partial charge in [-0.1, -0.05) is 6.92 Å². The van der Waals surface area contributed by atoms with Gasteiger partial charge in [0.25, 0.3) is 5.88 Å². The molecule has 1 atom stereocenters. The van der Waals surface area contributed by atoms with E-state index >= 15 is 0 Å². The lowest BCUT2D eigenvalue weighted by Gasteiger charge is -2.12. The number of ketones is 2.